The Morgan fingerprint density at radius 1 is 0.914 bits per heavy atom. The highest BCUT2D eigenvalue weighted by molar-refractivity contribution is 5.75. The van der Waals surface area contributed by atoms with E-state index in [0.717, 1.165) is 36.0 Å². The average molecular weight is 477 g/mol. The van der Waals surface area contributed by atoms with Gasteiger partial charge in [0, 0.05) is 38.2 Å². The number of piperidine rings is 1. The van der Waals surface area contributed by atoms with Crippen molar-refractivity contribution >= 4 is 22.4 Å². The monoisotopic (exact) mass is 476 g/mol. The number of alkyl halides is 1. The van der Waals surface area contributed by atoms with E-state index in [1.54, 1.807) is 23.4 Å². The number of H-pyrrole nitrogens is 1. The Balaban J connectivity index is 1.23. The zero-order chi connectivity index (χ0) is 24.0. The van der Waals surface area contributed by atoms with Crippen molar-refractivity contribution in [1.29, 1.82) is 0 Å². The average Bonchev–Trinajstić information content (AvgIpc) is 3.55. The Kier molecular flexibility index (Phi) is 5.43. The second kappa shape index (κ2) is 8.63. The highest BCUT2D eigenvalue weighted by atomic mass is 19.1. The number of aromatic amines is 1. The number of nitrogens with one attached hydrogen (secondary N) is 1. The molecule has 2 saturated heterocycles. The zero-order valence-corrected chi connectivity index (χ0v) is 19.4. The van der Waals surface area contributed by atoms with E-state index in [-0.39, 0.29) is 37.7 Å². The molecule has 6 rings (SSSR count). The Hall–Kier alpha value is -3.48. The maximum absolute atomic E-state index is 15.5. The summed E-state index contributed by atoms with van der Waals surface area (Å²) in [5, 5.41) is 0. The molecule has 0 saturated carbocycles. The standard InChI is InChI=1S/C28H27F3N4/c29-22-16-21(35-12-4-7-26(35)19-8-9-24-25(15-19)33-18-32-24)17-23(30)27(22)34-13-10-28(31,11-14-34)20-5-2-1-3-6-20/h1-3,5-6,8-9,15-18,26H,4,7,10-14H2,(H,32,33)/t26-/m1/s1. The van der Waals surface area contributed by atoms with Crippen LogP contribution < -0.4 is 9.80 Å². The first-order chi connectivity index (χ1) is 17.0. The van der Waals surface area contributed by atoms with Crippen LogP contribution in [0.5, 0.6) is 0 Å². The summed E-state index contributed by atoms with van der Waals surface area (Å²) in [6.07, 6.45) is 3.91. The molecule has 2 fully saturated rings. The molecule has 0 spiro atoms. The minimum Gasteiger partial charge on any atom is -0.367 e. The lowest BCUT2D eigenvalue weighted by molar-refractivity contribution is 0.124. The molecule has 0 radical (unpaired) electrons. The number of hydrogen-bond acceptors (Lipinski definition) is 3. The highest BCUT2D eigenvalue weighted by Gasteiger charge is 2.37. The number of rotatable bonds is 4. The Morgan fingerprint density at radius 2 is 1.66 bits per heavy atom. The van der Waals surface area contributed by atoms with E-state index in [1.165, 1.54) is 12.1 Å². The van der Waals surface area contributed by atoms with Gasteiger partial charge in [-0.1, -0.05) is 36.4 Å². The number of aromatic nitrogens is 2. The summed E-state index contributed by atoms with van der Waals surface area (Å²) in [5.41, 5.74) is 2.58. The number of hydrogen-bond donors (Lipinski definition) is 1. The van der Waals surface area contributed by atoms with E-state index in [1.807, 2.05) is 30.3 Å². The van der Waals surface area contributed by atoms with Crippen LogP contribution in [0.25, 0.3) is 11.0 Å². The molecule has 4 aromatic rings. The van der Waals surface area contributed by atoms with Gasteiger partial charge in [-0.3, -0.25) is 0 Å². The summed E-state index contributed by atoms with van der Waals surface area (Å²) in [4.78, 5) is 11.1. The molecule has 0 bridgehead atoms. The number of imidazole rings is 1. The fraction of sp³-hybridized carbons (Fsp3) is 0.321. The molecule has 1 aromatic heterocycles. The normalized spacial score (nSPS) is 20.0. The summed E-state index contributed by atoms with van der Waals surface area (Å²) in [6, 6.07) is 18.0. The first-order valence-electron chi connectivity index (χ1n) is 12.2. The maximum atomic E-state index is 15.5. The molecule has 0 aliphatic carbocycles. The van der Waals surface area contributed by atoms with Gasteiger partial charge in [0.1, 0.15) is 11.4 Å². The van der Waals surface area contributed by atoms with Crippen LogP contribution in [0.1, 0.15) is 42.9 Å². The van der Waals surface area contributed by atoms with Gasteiger partial charge in [0.2, 0.25) is 0 Å². The van der Waals surface area contributed by atoms with Crippen molar-refractivity contribution in [3.05, 3.63) is 89.8 Å². The SMILES string of the molecule is Fc1cc(N2CCC[C@@H]2c2ccc3nc[nH]c3c2)cc(F)c1N1CCC(F)(c2ccccc2)CC1. The largest absolute Gasteiger partial charge is 0.367 e. The van der Waals surface area contributed by atoms with E-state index >= 15 is 13.2 Å². The third kappa shape index (κ3) is 3.93. The second-order valence-electron chi connectivity index (χ2n) is 9.61. The van der Waals surface area contributed by atoms with Crippen LogP contribution in [0.15, 0.2) is 67.0 Å². The summed E-state index contributed by atoms with van der Waals surface area (Å²) in [5.74, 6) is -1.19. The molecule has 0 amide bonds. The molecule has 2 aliphatic heterocycles. The van der Waals surface area contributed by atoms with Crippen molar-refractivity contribution < 1.29 is 13.2 Å². The van der Waals surface area contributed by atoms with Gasteiger partial charge < -0.3 is 14.8 Å². The number of benzene rings is 3. The van der Waals surface area contributed by atoms with Gasteiger partial charge in [0.25, 0.3) is 0 Å². The fourth-order valence-electron chi connectivity index (χ4n) is 5.71. The first-order valence-corrected chi connectivity index (χ1v) is 12.2. The van der Waals surface area contributed by atoms with Gasteiger partial charge in [-0.15, -0.1) is 0 Å². The molecular weight excluding hydrogens is 449 g/mol. The molecule has 2 aliphatic rings. The van der Waals surface area contributed by atoms with Crippen LogP contribution in [0.4, 0.5) is 24.5 Å². The molecule has 1 atom stereocenters. The molecule has 7 heteroatoms. The summed E-state index contributed by atoms with van der Waals surface area (Å²) in [6.45, 7) is 1.25. The number of anilines is 2. The van der Waals surface area contributed by atoms with Crippen molar-refractivity contribution in [1.82, 2.24) is 9.97 Å². The Labute approximate surface area is 202 Å². The van der Waals surface area contributed by atoms with Crippen molar-refractivity contribution in [2.75, 3.05) is 29.4 Å². The highest BCUT2D eigenvalue weighted by Crippen LogP contribution is 2.42. The molecule has 3 aromatic carbocycles. The van der Waals surface area contributed by atoms with Gasteiger partial charge in [-0.2, -0.15) is 0 Å². The zero-order valence-electron chi connectivity index (χ0n) is 19.4. The molecule has 0 unspecified atom stereocenters. The van der Waals surface area contributed by atoms with Gasteiger partial charge in [-0.25, -0.2) is 18.2 Å². The Bertz CT molecular complexity index is 1320. The predicted octanol–water partition coefficient (Wildman–Crippen LogP) is 6.65. The van der Waals surface area contributed by atoms with E-state index in [2.05, 4.69) is 20.9 Å². The summed E-state index contributed by atoms with van der Waals surface area (Å²) < 4.78 is 46.2. The van der Waals surface area contributed by atoms with Crippen LogP contribution in [-0.2, 0) is 5.67 Å². The van der Waals surface area contributed by atoms with Gasteiger partial charge >= 0.3 is 0 Å². The van der Waals surface area contributed by atoms with E-state index < -0.39 is 17.3 Å². The van der Waals surface area contributed by atoms with Crippen molar-refractivity contribution in [3.8, 4) is 0 Å². The van der Waals surface area contributed by atoms with E-state index in [4.69, 9.17) is 0 Å². The predicted molar refractivity (Wildman–Crippen MR) is 132 cm³/mol. The second-order valence-corrected chi connectivity index (χ2v) is 9.61. The smallest absolute Gasteiger partial charge is 0.151 e. The summed E-state index contributed by atoms with van der Waals surface area (Å²) >= 11 is 0. The Morgan fingerprint density at radius 3 is 2.40 bits per heavy atom. The molecule has 1 N–H and O–H groups in total. The molecule has 180 valence electrons. The number of nitrogens with zero attached hydrogens (tertiary/aromatic N) is 3. The molecule has 35 heavy (non-hydrogen) atoms. The quantitative estimate of drug-likeness (QED) is 0.358. The third-order valence-electron chi connectivity index (χ3n) is 7.58. The lowest BCUT2D eigenvalue weighted by Gasteiger charge is -2.38. The van der Waals surface area contributed by atoms with Crippen molar-refractivity contribution in [3.63, 3.8) is 0 Å². The van der Waals surface area contributed by atoms with Crippen LogP contribution in [0.3, 0.4) is 0 Å². The minimum atomic E-state index is -1.47. The molecule has 3 heterocycles. The number of fused-ring (bicyclic) bond motifs is 1. The van der Waals surface area contributed by atoms with Gasteiger partial charge in [-0.05, 0) is 48.2 Å². The lowest BCUT2D eigenvalue weighted by atomic mass is 9.86. The first kappa shape index (κ1) is 22.0. The topological polar surface area (TPSA) is 35.2 Å². The van der Waals surface area contributed by atoms with Gasteiger partial charge in [0.15, 0.2) is 11.6 Å². The van der Waals surface area contributed by atoms with Crippen LogP contribution in [0.2, 0.25) is 0 Å². The van der Waals surface area contributed by atoms with Crippen molar-refractivity contribution in [2.45, 2.75) is 37.4 Å². The van der Waals surface area contributed by atoms with Gasteiger partial charge in [0.05, 0.1) is 23.4 Å². The van der Waals surface area contributed by atoms with E-state index in [9.17, 15) is 0 Å². The minimum absolute atomic E-state index is 0.0420. The summed E-state index contributed by atoms with van der Waals surface area (Å²) in [7, 11) is 0. The lowest BCUT2D eigenvalue weighted by Crippen LogP contribution is -2.41. The van der Waals surface area contributed by atoms with Crippen LogP contribution in [0, 0.1) is 11.6 Å². The molecular formula is C28H27F3N4. The van der Waals surface area contributed by atoms with Crippen LogP contribution in [-0.4, -0.2) is 29.6 Å². The van der Waals surface area contributed by atoms with Crippen LogP contribution >= 0.6 is 0 Å². The number of halogens is 3. The third-order valence-corrected chi connectivity index (χ3v) is 7.58. The van der Waals surface area contributed by atoms with E-state index in [0.29, 0.717) is 11.3 Å². The fourth-order valence-corrected chi connectivity index (χ4v) is 5.71. The maximum Gasteiger partial charge on any atom is 0.151 e. The molecule has 4 nitrogen and oxygen atoms in total. The van der Waals surface area contributed by atoms with Crippen molar-refractivity contribution in [2.24, 2.45) is 0 Å².